The standard InChI is InChI=1S/C21H26N2O.ClH/c1-14(16-8-7-15-5-3-4-6-17(15)11-16)21(24)23(2)20-12-18-9-10-19(13-20)22-18;/h3-8,11,14,18-20,22H,9-10,12-13H2,1-2H3;1H. The monoisotopic (exact) mass is 358 g/mol. The van der Waals surface area contributed by atoms with Crippen LogP contribution in [-0.2, 0) is 4.79 Å². The maximum atomic E-state index is 13.0. The number of piperidine rings is 1. The zero-order valence-corrected chi connectivity index (χ0v) is 15.8. The molecule has 0 aromatic heterocycles. The minimum atomic E-state index is -0.0906. The van der Waals surface area contributed by atoms with Crippen LogP contribution in [0.25, 0.3) is 10.8 Å². The van der Waals surface area contributed by atoms with Crippen molar-refractivity contribution in [2.75, 3.05) is 7.05 Å². The molecule has 0 spiro atoms. The highest BCUT2D eigenvalue weighted by molar-refractivity contribution is 5.87. The highest BCUT2D eigenvalue weighted by atomic mass is 35.5. The number of halogens is 1. The second-order valence-corrected chi connectivity index (χ2v) is 7.54. The molecule has 134 valence electrons. The van der Waals surface area contributed by atoms with Gasteiger partial charge < -0.3 is 10.2 Å². The van der Waals surface area contributed by atoms with Crippen molar-refractivity contribution in [3.8, 4) is 0 Å². The molecule has 3 nitrogen and oxygen atoms in total. The summed E-state index contributed by atoms with van der Waals surface area (Å²) in [6, 6.07) is 16.3. The van der Waals surface area contributed by atoms with Gasteiger partial charge in [0.15, 0.2) is 0 Å². The number of carbonyl (C=O) groups is 1. The van der Waals surface area contributed by atoms with E-state index in [1.807, 2.05) is 18.9 Å². The van der Waals surface area contributed by atoms with Crippen LogP contribution in [0.2, 0.25) is 0 Å². The Kier molecular flexibility index (Phi) is 5.35. The number of amides is 1. The Morgan fingerprint density at radius 3 is 2.40 bits per heavy atom. The largest absolute Gasteiger partial charge is 0.342 e. The molecular formula is C21H27ClN2O. The van der Waals surface area contributed by atoms with E-state index in [4.69, 9.17) is 0 Å². The van der Waals surface area contributed by atoms with Gasteiger partial charge in [-0.1, -0.05) is 42.5 Å². The molecule has 4 heteroatoms. The van der Waals surface area contributed by atoms with E-state index in [0.717, 1.165) is 18.4 Å². The minimum absolute atomic E-state index is 0. The predicted octanol–water partition coefficient (Wildman–Crippen LogP) is 4.11. The third-order valence-electron chi connectivity index (χ3n) is 5.99. The smallest absolute Gasteiger partial charge is 0.229 e. The molecule has 1 N–H and O–H groups in total. The van der Waals surface area contributed by atoms with Crippen molar-refractivity contribution in [1.82, 2.24) is 10.2 Å². The van der Waals surface area contributed by atoms with E-state index in [1.54, 1.807) is 0 Å². The van der Waals surface area contributed by atoms with Gasteiger partial charge >= 0.3 is 0 Å². The Morgan fingerprint density at radius 2 is 1.72 bits per heavy atom. The van der Waals surface area contributed by atoms with E-state index in [0.29, 0.717) is 18.1 Å². The number of hydrogen-bond acceptors (Lipinski definition) is 2. The molecule has 0 saturated carbocycles. The highest BCUT2D eigenvalue weighted by Gasteiger charge is 2.37. The first-order chi connectivity index (χ1) is 11.6. The summed E-state index contributed by atoms with van der Waals surface area (Å²) in [5.41, 5.74) is 1.11. The van der Waals surface area contributed by atoms with Gasteiger partial charge in [-0.15, -0.1) is 12.4 Å². The second-order valence-electron chi connectivity index (χ2n) is 7.54. The molecule has 2 aliphatic heterocycles. The van der Waals surface area contributed by atoms with Crippen LogP contribution in [-0.4, -0.2) is 36.0 Å². The first kappa shape index (κ1) is 18.2. The molecule has 2 aliphatic rings. The Hall–Kier alpha value is -1.58. The number of benzene rings is 2. The van der Waals surface area contributed by atoms with Crippen LogP contribution in [0.1, 0.15) is 44.1 Å². The number of hydrogen-bond donors (Lipinski definition) is 1. The molecule has 1 amide bonds. The summed E-state index contributed by atoms with van der Waals surface area (Å²) in [7, 11) is 2.00. The number of fused-ring (bicyclic) bond motifs is 3. The second kappa shape index (κ2) is 7.35. The van der Waals surface area contributed by atoms with Gasteiger partial charge in [0.2, 0.25) is 5.91 Å². The van der Waals surface area contributed by atoms with E-state index in [2.05, 4.69) is 47.8 Å². The van der Waals surface area contributed by atoms with E-state index in [9.17, 15) is 4.79 Å². The number of nitrogens with zero attached hydrogens (tertiary/aromatic N) is 1. The van der Waals surface area contributed by atoms with Gasteiger partial charge in [0, 0.05) is 25.2 Å². The minimum Gasteiger partial charge on any atom is -0.342 e. The van der Waals surface area contributed by atoms with Crippen LogP contribution in [0.15, 0.2) is 42.5 Å². The molecule has 0 radical (unpaired) electrons. The zero-order chi connectivity index (χ0) is 16.7. The molecule has 3 unspecified atom stereocenters. The Labute approximate surface area is 156 Å². The third kappa shape index (κ3) is 3.54. The fourth-order valence-electron chi connectivity index (χ4n) is 4.45. The molecule has 25 heavy (non-hydrogen) atoms. The van der Waals surface area contributed by atoms with Gasteiger partial charge in [-0.25, -0.2) is 0 Å². The quantitative estimate of drug-likeness (QED) is 0.895. The molecule has 2 heterocycles. The van der Waals surface area contributed by atoms with Crippen LogP contribution in [0.3, 0.4) is 0 Å². The highest BCUT2D eigenvalue weighted by Crippen LogP contribution is 2.31. The molecule has 2 aromatic rings. The van der Waals surface area contributed by atoms with Gasteiger partial charge in [-0.05, 0) is 48.9 Å². The number of rotatable bonds is 3. The lowest BCUT2D eigenvalue weighted by Gasteiger charge is -2.36. The number of likely N-dealkylation sites (N-methyl/N-ethyl adjacent to an activating group) is 1. The molecule has 4 rings (SSSR count). The normalized spacial score (nSPS) is 26.1. The summed E-state index contributed by atoms with van der Waals surface area (Å²) in [4.78, 5) is 15.0. The van der Waals surface area contributed by atoms with E-state index in [-0.39, 0.29) is 24.2 Å². The maximum Gasteiger partial charge on any atom is 0.229 e. The summed E-state index contributed by atoms with van der Waals surface area (Å²) < 4.78 is 0. The molecule has 2 bridgehead atoms. The molecule has 0 aliphatic carbocycles. The lowest BCUT2D eigenvalue weighted by molar-refractivity contribution is -0.133. The van der Waals surface area contributed by atoms with E-state index >= 15 is 0 Å². The van der Waals surface area contributed by atoms with Crippen LogP contribution in [0.4, 0.5) is 0 Å². The Balaban J connectivity index is 0.00000182. The average molecular weight is 359 g/mol. The van der Waals surface area contributed by atoms with Gasteiger partial charge in [-0.2, -0.15) is 0 Å². The molecule has 2 saturated heterocycles. The Bertz CT molecular complexity index is 750. The Morgan fingerprint density at radius 1 is 1.08 bits per heavy atom. The van der Waals surface area contributed by atoms with Crippen molar-refractivity contribution < 1.29 is 4.79 Å². The maximum absolute atomic E-state index is 13.0. The van der Waals surface area contributed by atoms with E-state index in [1.165, 1.54) is 23.6 Å². The van der Waals surface area contributed by atoms with Gasteiger partial charge in [0.25, 0.3) is 0 Å². The summed E-state index contributed by atoms with van der Waals surface area (Å²) >= 11 is 0. The first-order valence-corrected chi connectivity index (χ1v) is 9.13. The lowest BCUT2D eigenvalue weighted by Crippen LogP contribution is -2.49. The van der Waals surface area contributed by atoms with Gasteiger partial charge in [0.1, 0.15) is 0 Å². The topological polar surface area (TPSA) is 32.3 Å². The number of nitrogens with one attached hydrogen (secondary N) is 1. The summed E-state index contributed by atoms with van der Waals surface area (Å²) in [6.07, 6.45) is 4.74. The lowest BCUT2D eigenvalue weighted by atomic mass is 9.94. The van der Waals surface area contributed by atoms with Crippen molar-refractivity contribution in [3.63, 3.8) is 0 Å². The summed E-state index contributed by atoms with van der Waals surface area (Å²) in [5, 5.41) is 6.09. The SMILES string of the molecule is CC(C(=O)N(C)C1CC2CCC(C1)N2)c1ccc2ccccc2c1.Cl. The van der Waals surface area contributed by atoms with Crippen molar-refractivity contribution in [2.45, 2.75) is 56.7 Å². The van der Waals surface area contributed by atoms with Crippen molar-refractivity contribution >= 4 is 29.1 Å². The predicted molar refractivity (Wildman–Crippen MR) is 105 cm³/mol. The van der Waals surface area contributed by atoms with Crippen LogP contribution in [0, 0.1) is 0 Å². The van der Waals surface area contributed by atoms with E-state index < -0.39 is 0 Å². The molecule has 3 atom stereocenters. The van der Waals surface area contributed by atoms with Crippen LogP contribution < -0.4 is 5.32 Å². The molecule has 2 fully saturated rings. The summed E-state index contributed by atoms with van der Waals surface area (Å²) in [5.74, 6) is 0.156. The first-order valence-electron chi connectivity index (χ1n) is 9.13. The van der Waals surface area contributed by atoms with Crippen molar-refractivity contribution in [3.05, 3.63) is 48.0 Å². The molecular weight excluding hydrogens is 332 g/mol. The number of carbonyl (C=O) groups excluding carboxylic acids is 1. The van der Waals surface area contributed by atoms with Gasteiger partial charge in [0.05, 0.1) is 5.92 Å². The third-order valence-corrected chi connectivity index (χ3v) is 5.99. The van der Waals surface area contributed by atoms with Crippen LogP contribution >= 0.6 is 12.4 Å². The fraction of sp³-hybridized carbons (Fsp3) is 0.476. The molecule has 2 aromatic carbocycles. The average Bonchev–Trinajstić information content (AvgIpc) is 2.97. The van der Waals surface area contributed by atoms with Crippen molar-refractivity contribution in [1.29, 1.82) is 0 Å². The van der Waals surface area contributed by atoms with Crippen LogP contribution in [0.5, 0.6) is 0 Å². The fourth-order valence-corrected chi connectivity index (χ4v) is 4.45. The zero-order valence-electron chi connectivity index (χ0n) is 14.9. The van der Waals surface area contributed by atoms with Gasteiger partial charge in [-0.3, -0.25) is 4.79 Å². The summed E-state index contributed by atoms with van der Waals surface area (Å²) in [6.45, 7) is 2.04. The van der Waals surface area contributed by atoms with Crippen molar-refractivity contribution in [2.24, 2.45) is 0 Å².